The van der Waals surface area contributed by atoms with Gasteiger partial charge in [0.1, 0.15) is 9.37 Å². The van der Waals surface area contributed by atoms with Gasteiger partial charge in [0.25, 0.3) is 0 Å². The zero-order valence-electron chi connectivity index (χ0n) is 4.25. The molecule has 1 aromatic heterocycles. The fraction of sp³-hybridized carbons (Fsp3) is 0.250. The van der Waals surface area contributed by atoms with Crippen molar-refractivity contribution in [2.24, 2.45) is 0 Å². The molecule has 0 saturated carbocycles. The Morgan fingerprint density at radius 3 is 2.25 bits per heavy atom. The van der Waals surface area contributed by atoms with Gasteiger partial charge >= 0.3 is 0 Å². The lowest BCUT2D eigenvalue weighted by molar-refractivity contribution is 1.09. The van der Waals surface area contributed by atoms with Crippen LogP contribution in [0.15, 0.2) is 9.37 Å². The molecule has 0 radical (unpaired) electrons. The molecule has 0 atom stereocenters. The number of aryl methyl sites for hydroxylation is 1. The van der Waals surface area contributed by atoms with Crippen molar-refractivity contribution in [3.63, 3.8) is 0 Å². The number of rotatable bonds is 0. The van der Waals surface area contributed by atoms with Gasteiger partial charge in [0.2, 0.25) is 0 Å². The molecular formula is C4H5NS3. The van der Waals surface area contributed by atoms with Gasteiger partial charge in [-0.15, -0.1) is 36.6 Å². The van der Waals surface area contributed by atoms with Crippen LogP contribution in [0, 0.1) is 6.92 Å². The lowest BCUT2D eigenvalue weighted by Gasteiger charge is -1.76. The fourth-order valence-corrected chi connectivity index (χ4v) is 1.82. The molecule has 1 heterocycles. The minimum absolute atomic E-state index is 0.785. The predicted octanol–water partition coefficient (Wildman–Crippen LogP) is 2.03. The molecule has 0 aliphatic carbocycles. The SMILES string of the molecule is Cc1sc(S)nc1S. The van der Waals surface area contributed by atoms with Crippen LogP contribution in [0.1, 0.15) is 4.88 Å². The summed E-state index contributed by atoms with van der Waals surface area (Å²) in [6, 6.07) is 0. The lowest BCUT2D eigenvalue weighted by Crippen LogP contribution is -1.63. The van der Waals surface area contributed by atoms with E-state index >= 15 is 0 Å². The lowest BCUT2D eigenvalue weighted by atomic mass is 10.6. The van der Waals surface area contributed by atoms with Crippen molar-refractivity contribution in [3.05, 3.63) is 4.88 Å². The van der Waals surface area contributed by atoms with Crippen LogP contribution in [-0.4, -0.2) is 4.98 Å². The molecule has 1 nitrogen and oxygen atoms in total. The van der Waals surface area contributed by atoms with E-state index in [0.29, 0.717) is 0 Å². The Morgan fingerprint density at radius 1 is 1.50 bits per heavy atom. The van der Waals surface area contributed by atoms with E-state index in [0.717, 1.165) is 14.2 Å². The summed E-state index contributed by atoms with van der Waals surface area (Å²) in [6.45, 7) is 1.97. The average molecular weight is 163 g/mol. The molecule has 0 N–H and O–H groups in total. The summed E-state index contributed by atoms with van der Waals surface area (Å²) in [7, 11) is 0. The normalized spacial score (nSPS) is 9.88. The Balaban J connectivity index is 3.14. The van der Waals surface area contributed by atoms with Crippen molar-refractivity contribution >= 4 is 36.6 Å². The highest BCUT2D eigenvalue weighted by atomic mass is 32.2. The molecule has 0 saturated heterocycles. The minimum atomic E-state index is 0.785. The maximum Gasteiger partial charge on any atom is 0.148 e. The van der Waals surface area contributed by atoms with Crippen molar-refractivity contribution in [2.75, 3.05) is 0 Å². The summed E-state index contributed by atoms with van der Waals surface area (Å²) in [5.41, 5.74) is 0. The van der Waals surface area contributed by atoms with E-state index < -0.39 is 0 Å². The molecule has 0 aliphatic heterocycles. The molecule has 0 amide bonds. The third-order valence-corrected chi connectivity index (χ3v) is 2.49. The summed E-state index contributed by atoms with van der Waals surface area (Å²) < 4.78 is 0.785. The highest BCUT2D eigenvalue weighted by Gasteiger charge is 1.97. The van der Waals surface area contributed by atoms with Crippen molar-refractivity contribution in [1.82, 2.24) is 4.98 Å². The molecular weight excluding hydrogens is 158 g/mol. The minimum Gasteiger partial charge on any atom is -0.224 e. The molecule has 0 spiro atoms. The van der Waals surface area contributed by atoms with Gasteiger partial charge in [0.05, 0.1) is 0 Å². The number of thiazole rings is 1. The van der Waals surface area contributed by atoms with Crippen molar-refractivity contribution in [3.8, 4) is 0 Å². The van der Waals surface area contributed by atoms with Gasteiger partial charge in [-0.3, -0.25) is 0 Å². The second-order valence-corrected chi connectivity index (χ2v) is 3.73. The predicted molar refractivity (Wildman–Crippen MR) is 41.4 cm³/mol. The Bertz CT molecular complexity index is 174. The van der Waals surface area contributed by atoms with Crippen LogP contribution in [-0.2, 0) is 0 Å². The van der Waals surface area contributed by atoms with E-state index in [4.69, 9.17) is 0 Å². The molecule has 0 unspecified atom stereocenters. The van der Waals surface area contributed by atoms with E-state index in [1.54, 1.807) is 11.3 Å². The van der Waals surface area contributed by atoms with Gasteiger partial charge in [-0.05, 0) is 6.92 Å². The molecule has 0 bridgehead atoms. The van der Waals surface area contributed by atoms with Crippen molar-refractivity contribution in [1.29, 1.82) is 0 Å². The van der Waals surface area contributed by atoms with Gasteiger partial charge < -0.3 is 0 Å². The van der Waals surface area contributed by atoms with Crippen LogP contribution in [0.3, 0.4) is 0 Å². The number of nitrogens with zero attached hydrogens (tertiary/aromatic N) is 1. The Kier molecular flexibility index (Phi) is 1.84. The number of aromatic nitrogens is 1. The molecule has 8 heavy (non-hydrogen) atoms. The number of hydrogen-bond acceptors (Lipinski definition) is 4. The number of hydrogen-bond donors (Lipinski definition) is 2. The first-order chi connectivity index (χ1) is 3.70. The van der Waals surface area contributed by atoms with E-state index in [9.17, 15) is 0 Å². The topological polar surface area (TPSA) is 12.9 Å². The van der Waals surface area contributed by atoms with E-state index in [2.05, 4.69) is 30.2 Å². The van der Waals surface area contributed by atoms with Gasteiger partial charge in [-0.1, -0.05) is 0 Å². The Morgan fingerprint density at radius 2 is 2.12 bits per heavy atom. The highest BCUT2D eigenvalue weighted by molar-refractivity contribution is 7.83. The van der Waals surface area contributed by atoms with Gasteiger partial charge in [0.15, 0.2) is 0 Å². The van der Waals surface area contributed by atoms with Gasteiger partial charge in [0, 0.05) is 4.88 Å². The average Bonchev–Trinajstić information content (AvgIpc) is 1.85. The van der Waals surface area contributed by atoms with Gasteiger partial charge in [-0.25, -0.2) is 4.98 Å². The summed E-state index contributed by atoms with van der Waals surface area (Å²) in [4.78, 5) is 5.08. The van der Waals surface area contributed by atoms with Crippen LogP contribution in [0.4, 0.5) is 0 Å². The maximum atomic E-state index is 4.07. The maximum absolute atomic E-state index is 4.07. The molecule has 0 aromatic carbocycles. The fourth-order valence-electron chi connectivity index (χ4n) is 0.375. The Labute approximate surface area is 63.0 Å². The highest BCUT2D eigenvalue weighted by Crippen LogP contribution is 2.22. The summed E-state index contributed by atoms with van der Waals surface area (Å²) in [6.07, 6.45) is 0. The molecule has 1 aromatic rings. The molecule has 0 aliphatic rings. The standard InChI is InChI=1S/C4H5NS3/c1-2-3(6)5-4(7)8-2/h6H,1H3,(H,5,7). The molecule has 0 fully saturated rings. The summed E-state index contributed by atoms with van der Waals surface area (Å²) in [5.74, 6) is 0. The first kappa shape index (κ1) is 6.45. The monoisotopic (exact) mass is 163 g/mol. The van der Waals surface area contributed by atoms with Crippen LogP contribution < -0.4 is 0 Å². The van der Waals surface area contributed by atoms with Crippen molar-refractivity contribution < 1.29 is 0 Å². The zero-order valence-corrected chi connectivity index (χ0v) is 6.86. The largest absolute Gasteiger partial charge is 0.224 e. The molecule has 1 rings (SSSR count). The number of thiol groups is 2. The zero-order chi connectivity index (χ0) is 6.15. The molecule has 44 valence electrons. The third kappa shape index (κ3) is 1.18. The summed E-state index contributed by atoms with van der Waals surface area (Å²) in [5, 5.41) is 0.792. The first-order valence-electron chi connectivity index (χ1n) is 2.05. The van der Waals surface area contributed by atoms with Crippen LogP contribution in [0.2, 0.25) is 0 Å². The van der Waals surface area contributed by atoms with Crippen LogP contribution in [0.25, 0.3) is 0 Å². The molecule has 4 heteroatoms. The Hall–Kier alpha value is 0.330. The van der Waals surface area contributed by atoms with E-state index in [1.165, 1.54) is 0 Å². The second kappa shape index (κ2) is 2.29. The van der Waals surface area contributed by atoms with Crippen LogP contribution >= 0.6 is 36.6 Å². The smallest absolute Gasteiger partial charge is 0.148 e. The second-order valence-electron chi connectivity index (χ2n) is 1.38. The third-order valence-electron chi connectivity index (χ3n) is 0.761. The van der Waals surface area contributed by atoms with E-state index in [1.807, 2.05) is 6.92 Å². The van der Waals surface area contributed by atoms with Crippen molar-refractivity contribution in [2.45, 2.75) is 16.3 Å². The quantitative estimate of drug-likeness (QED) is 0.558. The van der Waals surface area contributed by atoms with Crippen LogP contribution in [0.5, 0.6) is 0 Å². The van der Waals surface area contributed by atoms with E-state index in [-0.39, 0.29) is 0 Å². The summed E-state index contributed by atoms with van der Waals surface area (Å²) >= 11 is 9.65. The van der Waals surface area contributed by atoms with Gasteiger partial charge in [-0.2, -0.15) is 0 Å². The first-order valence-corrected chi connectivity index (χ1v) is 3.76.